The topological polar surface area (TPSA) is 50.7 Å². The molecule has 2 aromatic carbocycles. The van der Waals surface area contributed by atoms with Crippen molar-refractivity contribution in [3.63, 3.8) is 0 Å². The van der Waals surface area contributed by atoms with E-state index in [1.807, 2.05) is 18.2 Å². The van der Waals surface area contributed by atoms with Gasteiger partial charge < -0.3 is 10.1 Å². The standard InChI is InChI=1S/C19H13BrCl2N2O2S/c1-2-8-26-15-7-6-11(9-12(15)20)10-16-18(25)24-19(27-16)23-14-5-3-4-13(21)17(14)22/h2-7,9-10H,1,8H2,(H,23,24,25)/b16-10+. The highest BCUT2D eigenvalue weighted by molar-refractivity contribution is 9.10. The Labute approximate surface area is 179 Å². The lowest BCUT2D eigenvalue weighted by Crippen LogP contribution is -2.19. The Morgan fingerprint density at radius 2 is 2.11 bits per heavy atom. The van der Waals surface area contributed by atoms with E-state index in [9.17, 15) is 4.79 Å². The average Bonchev–Trinajstić information content (AvgIpc) is 2.97. The van der Waals surface area contributed by atoms with Gasteiger partial charge in [-0.2, -0.15) is 0 Å². The lowest BCUT2D eigenvalue weighted by atomic mass is 10.2. The van der Waals surface area contributed by atoms with Gasteiger partial charge in [-0.25, -0.2) is 4.99 Å². The quantitative estimate of drug-likeness (QED) is 0.406. The van der Waals surface area contributed by atoms with Crippen LogP contribution in [0.1, 0.15) is 5.56 Å². The number of hydrogen-bond acceptors (Lipinski definition) is 4. The van der Waals surface area contributed by atoms with Crippen LogP contribution in [0.15, 0.2) is 63.4 Å². The molecule has 1 aliphatic heterocycles. The molecule has 3 rings (SSSR count). The third-order valence-corrected chi connectivity index (χ3v) is 5.75. The number of carbonyl (C=O) groups excluding carboxylic acids is 1. The van der Waals surface area contributed by atoms with Crippen LogP contribution in [0.4, 0.5) is 5.69 Å². The first-order valence-electron chi connectivity index (χ1n) is 7.75. The minimum Gasteiger partial charge on any atom is -0.488 e. The summed E-state index contributed by atoms with van der Waals surface area (Å²) in [5.41, 5.74) is 1.35. The van der Waals surface area contributed by atoms with Crippen molar-refractivity contribution in [1.29, 1.82) is 0 Å². The molecule has 1 N–H and O–H groups in total. The number of amidine groups is 1. The molecule has 27 heavy (non-hydrogen) atoms. The van der Waals surface area contributed by atoms with Gasteiger partial charge in [-0.05, 0) is 63.6 Å². The van der Waals surface area contributed by atoms with Crippen LogP contribution in [0.2, 0.25) is 10.0 Å². The van der Waals surface area contributed by atoms with Crippen molar-refractivity contribution in [1.82, 2.24) is 5.32 Å². The van der Waals surface area contributed by atoms with E-state index in [1.165, 1.54) is 11.8 Å². The van der Waals surface area contributed by atoms with Crippen LogP contribution in [-0.2, 0) is 4.79 Å². The van der Waals surface area contributed by atoms with Crippen LogP contribution < -0.4 is 10.1 Å². The van der Waals surface area contributed by atoms with Crippen LogP contribution in [0.5, 0.6) is 5.75 Å². The molecule has 2 aromatic rings. The van der Waals surface area contributed by atoms with Gasteiger partial charge in [0.25, 0.3) is 5.91 Å². The molecule has 0 aromatic heterocycles. The van der Waals surface area contributed by atoms with E-state index in [0.29, 0.717) is 38.2 Å². The highest BCUT2D eigenvalue weighted by Gasteiger charge is 2.24. The zero-order chi connectivity index (χ0) is 19.4. The van der Waals surface area contributed by atoms with Gasteiger partial charge in [0, 0.05) is 0 Å². The van der Waals surface area contributed by atoms with Gasteiger partial charge in [-0.1, -0.05) is 48.0 Å². The highest BCUT2D eigenvalue weighted by Crippen LogP contribution is 2.35. The number of halogens is 3. The Morgan fingerprint density at radius 1 is 1.30 bits per heavy atom. The molecule has 1 saturated heterocycles. The van der Waals surface area contributed by atoms with Crippen molar-refractivity contribution in [3.05, 3.63) is 74.0 Å². The fourth-order valence-corrected chi connectivity index (χ4v) is 3.88. The second-order valence-corrected chi connectivity index (χ2v) is 8.01. The van der Waals surface area contributed by atoms with Crippen LogP contribution in [0.25, 0.3) is 6.08 Å². The molecule has 1 aliphatic rings. The molecule has 1 fully saturated rings. The number of aliphatic imine (C=N–C) groups is 1. The number of benzene rings is 2. The molecular formula is C19H13BrCl2N2O2S. The Morgan fingerprint density at radius 3 is 2.85 bits per heavy atom. The summed E-state index contributed by atoms with van der Waals surface area (Å²) in [5.74, 6) is 0.485. The number of amides is 1. The zero-order valence-electron chi connectivity index (χ0n) is 13.8. The second kappa shape index (κ2) is 8.97. The lowest BCUT2D eigenvalue weighted by molar-refractivity contribution is -0.115. The predicted octanol–water partition coefficient (Wildman–Crippen LogP) is 6.21. The van der Waals surface area contributed by atoms with Crippen molar-refractivity contribution >= 4 is 73.7 Å². The van der Waals surface area contributed by atoms with Gasteiger partial charge in [0.15, 0.2) is 5.17 Å². The Hall–Kier alpha value is -1.73. The molecule has 0 aliphatic carbocycles. The molecule has 1 amide bonds. The molecule has 4 nitrogen and oxygen atoms in total. The Bertz CT molecular complexity index is 976. The number of thioether (sulfide) groups is 1. The van der Waals surface area contributed by atoms with E-state index in [0.717, 1.165) is 10.0 Å². The molecule has 0 unspecified atom stereocenters. The third kappa shape index (κ3) is 4.96. The number of nitrogens with zero attached hydrogens (tertiary/aromatic N) is 1. The number of hydrogen-bond donors (Lipinski definition) is 1. The van der Waals surface area contributed by atoms with E-state index in [-0.39, 0.29) is 5.91 Å². The van der Waals surface area contributed by atoms with Crippen molar-refractivity contribution in [2.45, 2.75) is 0 Å². The first kappa shape index (κ1) is 20.0. The summed E-state index contributed by atoms with van der Waals surface area (Å²) in [6, 6.07) is 10.7. The lowest BCUT2D eigenvalue weighted by Gasteiger charge is -2.06. The molecular weight excluding hydrogens is 471 g/mol. The molecule has 0 spiro atoms. The van der Waals surface area contributed by atoms with Gasteiger partial charge in [0.2, 0.25) is 0 Å². The predicted molar refractivity (Wildman–Crippen MR) is 117 cm³/mol. The van der Waals surface area contributed by atoms with Gasteiger partial charge in [0.1, 0.15) is 12.4 Å². The van der Waals surface area contributed by atoms with Crippen LogP contribution in [0.3, 0.4) is 0 Å². The van der Waals surface area contributed by atoms with Gasteiger partial charge >= 0.3 is 0 Å². The van der Waals surface area contributed by atoms with Gasteiger partial charge in [-0.3, -0.25) is 4.79 Å². The summed E-state index contributed by atoms with van der Waals surface area (Å²) < 4.78 is 6.32. The Kier molecular flexibility index (Phi) is 6.65. The SMILES string of the molecule is C=CCOc1ccc(/C=C2/SC(=Nc3cccc(Cl)c3Cl)NC2=O)cc1Br. The highest BCUT2D eigenvalue weighted by atomic mass is 79.9. The molecule has 138 valence electrons. The van der Waals surface area contributed by atoms with E-state index in [4.69, 9.17) is 27.9 Å². The summed E-state index contributed by atoms with van der Waals surface area (Å²) in [7, 11) is 0. The summed E-state index contributed by atoms with van der Waals surface area (Å²) in [6.07, 6.45) is 3.46. The fraction of sp³-hybridized carbons (Fsp3) is 0.0526. The molecule has 1 heterocycles. The third-order valence-electron chi connectivity index (χ3n) is 3.41. The summed E-state index contributed by atoms with van der Waals surface area (Å²) in [5, 5.41) is 3.93. The van der Waals surface area contributed by atoms with Crippen molar-refractivity contribution in [3.8, 4) is 5.75 Å². The number of ether oxygens (including phenoxy) is 1. The van der Waals surface area contributed by atoms with Crippen LogP contribution in [0, 0.1) is 0 Å². The molecule has 0 radical (unpaired) electrons. The van der Waals surface area contributed by atoms with Crippen LogP contribution in [-0.4, -0.2) is 17.7 Å². The maximum Gasteiger partial charge on any atom is 0.264 e. The number of rotatable bonds is 5. The number of nitrogens with one attached hydrogen (secondary N) is 1. The van der Waals surface area contributed by atoms with Crippen molar-refractivity contribution < 1.29 is 9.53 Å². The van der Waals surface area contributed by atoms with E-state index in [2.05, 4.69) is 32.8 Å². The normalized spacial score (nSPS) is 16.6. The molecule has 0 atom stereocenters. The second-order valence-electron chi connectivity index (χ2n) is 5.34. The van der Waals surface area contributed by atoms with E-state index < -0.39 is 0 Å². The summed E-state index contributed by atoms with van der Waals surface area (Å²) >= 11 is 16.8. The van der Waals surface area contributed by atoms with Gasteiger partial charge in [0.05, 0.1) is 25.1 Å². The Balaban J connectivity index is 1.81. The minimum atomic E-state index is -0.222. The average molecular weight is 484 g/mol. The monoisotopic (exact) mass is 482 g/mol. The van der Waals surface area contributed by atoms with Gasteiger partial charge in [-0.15, -0.1) is 0 Å². The molecule has 0 saturated carbocycles. The van der Waals surface area contributed by atoms with E-state index in [1.54, 1.807) is 30.4 Å². The molecule has 8 heteroatoms. The largest absolute Gasteiger partial charge is 0.488 e. The first-order valence-corrected chi connectivity index (χ1v) is 10.1. The molecule has 0 bridgehead atoms. The van der Waals surface area contributed by atoms with Crippen molar-refractivity contribution in [2.24, 2.45) is 4.99 Å². The van der Waals surface area contributed by atoms with Crippen LogP contribution >= 0.6 is 50.9 Å². The summed E-state index contributed by atoms with van der Waals surface area (Å²) in [4.78, 5) is 17.1. The summed E-state index contributed by atoms with van der Waals surface area (Å²) in [6.45, 7) is 4.04. The maximum atomic E-state index is 12.2. The minimum absolute atomic E-state index is 0.222. The van der Waals surface area contributed by atoms with E-state index >= 15 is 0 Å². The number of carbonyl (C=O) groups is 1. The van der Waals surface area contributed by atoms with Crippen molar-refractivity contribution in [2.75, 3.05) is 6.61 Å². The maximum absolute atomic E-state index is 12.2. The fourth-order valence-electron chi connectivity index (χ4n) is 2.19. The first-order chi connectivity index (χ1) is 13.0. The smallest absolute Gasteiger partial charge is 0.264 e. The zero-order valence-corrected chi connectivity index (χ0v) is 17.8.